The van der Waals surface area contributed by atoms with Crippen LogP contribution >= 0.6 is 0 Å². The molecule has 0 bridgehead atoms. The standard InChI is InChI=1S/C42H42N6O6/c1-3-23-47(27-29-15-19-33(20-16-29)53-31-11-7-5-8-12-31)41(51)39-37(35(49)25-45-43)38(36(50)26-46-44)40(39)42(52)48(24-4-2)28-30-17-21-34(22-18-30)54-32-13-9-6-10-14-32/h5-22,25-26,37-40H,3-4,23-24,27-28H2,1-2H3. The highest BCUT2D eigenvalue weighted by molar-refractivity contribution is 6.33. The summed E-state index contributed by atoms with van der Waals surface area (Å²) in [7, 11) is 0. The van der Waals surface area contributed by atoms with Crippen LogP contribution in [0.1, 0.15) is 37.8 Å². The third-order valence-electron chi connectivity index (χ3n) is 9.31. The second-order valence-corrected chi connectivity index (χ2v) is 13.0. The first-order chi connectivity index (χ1) is 26.3. The highest BCUT2D eigenvalue weighted by Crippen LogP contribution is 2.49. The van der Waals surface area contributed by atoms with Crippen molar-refractivity contribution in [3.63, 3.8) is 0 Å². The van der Waals surface area contributed by atoms with E-state index in [2.05, 4.69) is 9.58 Å². The van der Waals surface area contributed by atoms with Gasteiger partial charge in [0.05, 0.1) is 23.7 Å². The van der Waals surface area contributed by atoms with E-state index >= 15 is 0 Å². The van der Waals surface area contributed by atoms with Crippen molar-refractivity contribution in [2.24, 2.45) is 23.7 Å². The van der Waals surface area contributed by atoms with E-state index in [1.165, 1.54) is 0 Å². The lowest BCUT2D eigenvalue weighted by atomic mass is 9.53. The molecule has 0 aliphatic heterocycles. The summed E-state index contributed by atoms with van der Waals surface area (Å²) in [6, 6.07) is 33.2. The van der Waals surface area contributed by atoms with Gasteiger partial charge in [0.2, 0.25) is 23.4 Å². The van der Waals surface area contributed by atoms with Gasteiger partial charge >= 0.3 is 12.4 Å². The Labute approximate surface area is 314 Å². The molecule has 0 N–H and O–H groups in total. The molecule has 2 amide bonds. The third kappa shape index (κ3) is 9.49. The molecule has 1 saturated carbocycles. The van der Waals surface area contributed by atoms with Crippen LogP contribution in [0.15, 0.2) is 109 Å². The van der Waals surface area contributed by atoms with E-state index in [1.807, 2.05) is 98.8 Å². The first-order valence-corrected chi connectivity index (χ1v) is 17.9. The zero-order valence-corrected chi connectivity index (χ0v) is 30.2. The average Bonchev–Trinajstić information content (AvgIpc) is 3.16. The number of benzene rings is 4. The number of hydrogen-bond acceptors (Lipinski definition) is 6. The monoisotopic (exact) mass is 726 g/mol. The maximum absolute atomic E-state index is 14.6. The zero-order valence-electron chi connectivity index (χ0n) is 30.2. The van der Waals surface area contributed by atoms with Gasteiger partial charge in [0.1, 0.15) is 23.0 Å². The molecule has 1 aliphatic carbocycles. The minimum atomic E-state index is -1.33. The van der Waals surface area contributed by atoms with E-state index in [-0.39, 0.29) is 13.1 Å². The van der Waals surface area contributed by atoms with Crippen LogP contribution in [0.3, 0.4) is 0 Å². The molecule has 0 saturated heterocycles. The molecule has 12 heteroatoms. The number of rotatable bonds is 18. The summed E-state index contributed by atoms with van der Waals surface area (Å²) in [5.74, 6) is -5.15. The van der Waals surface area contributed by atoms with Crippen molar-refractivity contribution >= 4 is 35.8 Å². The fourth-order valence-electron chi connectivity index (χ4n) is 6.87. The Balaban J connectivity index is 1.42. The first-order valence-electron chi connectivity index (χ1n) is 17.9. The van der Waals surface area contributed by atoms with E-state index in [0.29, 0.717) is 61.4 Å². The maximum Gasteiger partial charge on any atom is 0.323 e. The minimum absolute atomic E-state index is 0.164. The Kier molecular flexibility index (Phi) is 13.5. The zero-order chi connectivity index (χ0) is 38.5. The summed E-state index contributed by atoms with van der Waals surface area (Å²) in [5, 5.41) is 0. The largest absolute Gasteiger partial charge is 0.457 e. The number of amides is 2. The van der Waals surface area contributed by atoms with E-state index in [1.54, 1.807) is 34.1 Å². The quantitative estimate of drug-likeness (QED) is 0.0631. The Morgan fingerprint density at radius 3 is 1.19 bits per heavy atom. The summed E-state index contributed by atoms with van der Waals surface area (Å²) in [6.45, 7) is 4.75. The van der Waals surface area contributed by atoms with Crippen LogP contribution in [0.5, 0.6) is 23.0 Å². The molecule has 276 valence electrons. The van der Waals surface area contributed by atoms with Crippen LogP contribution in [-0.2, 0) is 32.3 Å². The molecule has 4 aromatic carbocycles. The second-order valence-electron chi connectivity index (χ2n) is 13.0. The van der Waals surface area contributed by atoms with Crippen LogP contribution in [0.2, 0.25) is 0 Å². The first kappa shape index (κ1) is 38.7. The lowest BCUT2D eigenvalue weighted by molar-refractivity contribution is -0.172. The molecule has 12 nitrogen and oxygen atoms in total. The maximum atomic E-state index is 14.6. The fraction of sp³-hybridized carbons (Fsp3) is 0.286. The van der Waals surface area contributed by atoms with Crippen LogP contribution < -0.4 is 9.47 Å². The minimum Gasteiger partial charge on any atom is -0.457 e. The molecule has 0 radical (unpaired) electrons. The lowest BCUT2D eigenvalue weighted by Gasteiger charge is -2.49. The summed E-state index contributed by atoms with van der Waals surface area (Å²) in [5.41, 5.74) is 20.1. The number of ketones is 2. The van der Waals surface area contributed by atoms with Crippen LogP contribution in [-0.4, -0.2) is 68.3 Å². The van der Waals surface area contributed by atoms with E-state index < -0.39 is 47.1 Å². The highest BCUT2D eigenvalue weighted by Gasteiger charge is 2.64. The normalized spacial score (nSPS) is 17.1. The predicted octanol–water partition coefficient (Wildman–Crippen LogP) is 6.67. The van der Waals surface area contributed by atoms with Crippen LogP contribution in [0, 0.1) is 23.7 Å². The van der Waals surface area contributed by atoms with Crippen molar-refractivity contribution in [2.75, 3.05) is 13.1 Å². The van der Waals surface area contributed by atoms with Gasteiger partial charge in [-0.2, -0.15) is 9.58 Å². The second kappa shape index (κ2) is 18.8. The van der Waals surface area contributed by atoms with Gasteiger partial charge in [0, 0.05) is 26.2 Å². The van der Waals surface area contributed by atoms with Crippen LogP contribution in [0.25, 0.3) is 11.1 Å². The molecular weight excluding hydrogens is 684 g/mol. The van der Waals surface area contributed by atoms with Crippen LogP contribution in [0.4, 0.5) is 0 Å². The van der Waals surface area contributed by atoms with Crippen molar-refractivity contribution in [1.82, 2.24) is 9.80 Å². The van der Waals surface area contributed by atoms with Gasteiger partial charge < -0.3 is 30.3 Å². The molecule has 4 unspecified atom stereocenters. The van der Waals surface area contributed by atoms with E-state index in [0.717, 1.165) is 11.1 Å². The fourth-order valence-corrected chi connectivity index (χ4v) is 6.87. The van der Waals surface area contributed by atoms with Gasteiger partial charge in [-0.3, -0.25) is 19.2 Å². The van der Waals surface area contributed by atoms with Gasteiger partial charge in [0.25, 0.3) is 0 Å². The van der Waals surface area contributed by atoms with Gasteiger partial charge in [-0.05, 0) is 72.5 Å². The van der Waals surface area contributed by atoms with Gasteiger partial charge in [-0.1, -0.05) is 74.5 Å². The van der Waals surface area contributed by atoms with Crippen molar-refractivity contribution in [2.45, 2.75) is 39.8 Å². The van der Waals surface area contributed by atoms with Crippen molar-refractivity contribution in [1.29, 1.82) is 0 Å². The Morgan fingerprint density at radius 2 is 0.870 bits per heavy atom. The number of ether oxygens (including phenoxy) is 2. The summed E-state index contributed by atoms with van der Waals surface area (Å²) in [6.07, 6.45) is 2.43. The average molecular weight is 727 g/mol. The molecule has 0 spiro atoms. The summed E-state index contributed by atoms with van der Waals surface area (Å²) in [4.78, 5) is 64.9. The van der Waals surface area contributed by atoms with Gasteiger partial charge in [-0.25, -0.2) is 0 Å². The Hall–Kier alpha value is -6.48. The number of carbonyl (C=O) groups excluding carboxylic acids is 4. The van der Waals surface area contributed by atoms with E-state index in [4.69, 9.17) is 9.47 Å². The SMILES string of the molecule is CCCN(Cc1ccc(Oc2ccccc2)cc1)C(=O)C1C(C(=O)C=[N+]=[N-])C(C(=O)C=[N+]=[N-])C1C(=O)N(CCC)Cc1ccc(Oc2ccccc2)cc1. The molecule has 4 atom stereocenters. The Bertz CT molecular complexity index is 1860. The number of nitrogens with zero attached hydrogens (tertiary/aromatic N) is 6. The third-order valence-corrected chi connectivity index (χ3v) is 9.31. The van der Waals surface area contributed by atoms with Crippen molar-refractivity contribution < 1.29 is 38.2 Å². The predicted molar refractivity (Wildman–Crippen MR) is 201 cm³/mol. The number of carbonyl (C=O) groups is 4. The lowest BCUT2D eigenvalue weighted by Crippen LogP contribution is -2.64. The molecule has 5 rings (SSSR count). The summed E-state index contributed by atoms with van der Waals surface area (Å²) >= 11 is 0. The molecule has 0 aromatic heterocycles. The summed E-state index contributed by atoms with van der Waals surface area (Å²) < 4.78 is 11.8. The molecule has 1 aliphatic rings. The molecule has 4 aromatic rings. The Morgan fingerprint density at radius 1 is 0.537 bits per heavy atom. The van der Waals surface area contributed by atoms with Crippen molar-refractivity contribution in [3.8, 4) is 23.0 Å². The topological polar surface area (TPSA) is 166 Å². The molecular formula is C42H42N6O6. The van der Waals surface area contributed by atoms with Gasteiger partial charge in [-0.15, -0.1) is 0 Å². The number of Topliss-reactive ketones (excluding diaryl/α,β-unsaturated/α-hetero) is 2. The highest BCUT2D eigenvalue weighted by atomic mass is 16.5. The molecule has 0 heterocycles. The van der Waals surface area contributed by atoms with Crippen molar-refractivity contribution in [3.05, 3.63) is 131 Å². The molecule has 54 heavy (non-hydrogen) atoms. The molecule has 1 fully saturated rings. The number of para-hydroxylation sites is 2. The van der Waals surface area contributed by atoms with E-state index in [9.17, 15) is 30.2 Å². The number of hydrogen-bond donors (Lipinski definition) is 0. The smallest absolute Gasteiger partial charge is 0.323 e. The van der Waals surface area contributed by atoms with Gasteiger partial charge in [0.15, 0.2) is 0 Å².